The molecule has 118 valence electrons. The number of hydrogen-bond acceptors (Lipinski definition) is 5. The number of nitrogens with one attached hydrogen (secondary N) is 1. The lowest BCUT2D eigenvalue weighted by atomic mass is 10.1. The number of methoxy groups -OCH3 is 1. The lowest BCUT2D eigenvalue weighted by Gasteiger charge is -2.14. The van der Waals surface area contributed by atoms with Crippen molar-refractivity contribution in [3.63, 3.8) is 0 Å². The smallest absolute Gasteiger partial charge is 0.335 e. The number of hydrogen-bond donors (Lipinski definition) is 3. The van der Waals surface area contributed by atoms with Crippen molar-refractivity contribution in [2.24, 2.45) is 0 Å². The maximum atomic E-state index is 12.2. The molecule has 1 aromatic rings. The monoisotopic (exact) mass is 317 g/mol. The van der Waals surface area contributed by atoms with Crippen LogP contribution in [0, 0.1) is 13.8 Å². The predicted molar refractivity (Wildman–Crippen MR) is 75.9 cm³/mol. The van der Waals surface area contributed by atoms with Gasteiger partial charge in [0, 0.05) is 13.7 Å². The molecule has 1 aromatic carbocycles. The Morgan fingerprint density at radius 3 is 2.48 bits per heavy atom. The van der Waals surface area contributed by atoms with E-state index in [0.717, 1.165) is 6.07 Å². The zero-order valence-electron chi connectivity index (χ0n) is 12.1. The van der Waals surface area contributed by atoms with Crippen LogP contribution in [0.25, 0.3) is 0 Å². The molecule has 1 unspecified atom stereocenters. The van der Waals surface area contributed by atoms with Crippen LogP contribution in [0.5, 0.6) is 0 Å². The van der Waals surface area contributed by atoms with Crippen LogP contribution in [0.1, 0.15) is 21.5 Å². The van der Waals surface area contributed by atoms with E-state index in [1.165, 1.54) is 13.2 Å². The molecule has 0 saturated heterocycles. The highest BCUT2D eigenvalue weighted by Gasteiger charge is 2.21. The van der Waals surface area contributed by atoms with Crippen LogP contribution in [0.4, 0.5) is 0 Å². The molecule has 3 N–H and O–H groups in total. The van der Waals surface area contributed by atoms with E-state index in [4.69, 9.17) is 9.84 Å². The van der Waals surface area contributed by atoms with Gasteiger partial charge in [0.05, 0.1) is 23.2 Å². The Balaban J connectivity index is 3.08. The number of aryl methyl sites for hydroxylation is 2. The fraction of sp³-hybridized carbons (Fsp3) is 0.462. The van der Waals surface area contributed by atoms with E-state index in [2.05, 4.69) is 4.72 Å². The molecule has 0 saturated carbocycles. The van der Waals surface area contributed by atoms with Crippen LogP contribution in [-0.4, -0.2) is 51.0 Å². The molecule has 0 heterocycles. The largest absolute Gasteiger partial charge is 0.478 e. The van der Waals surface area contributed by atoms with Crippen LogP contribution >= 0.6 is 0 Å². The molecule has 1 rings (SSSR count). The second kappa shape index (κ2) is 6.99. The summed E-state index contributed by atoms with van der Waals surface area (Å²) in [6.07, 6.45) is -0.977. The van der Waals surface area contributed by atoms with Crippen molar-refractivity contribution >= 4 is 16.0 Å². The first-order valence-electron chi connectivity index (χ1n) is 6.20. The Morgan fingerprint density at radius 1 is 1.33 bits per heavy atom. The quantitative estimate of drug-likeness (QED) is 0.666. The molecule has 0 bridgehead atoms. The normalized spacial score (nSPS) is 13.1. The number of rotatable bonds is 7. The Labute approximate surface area is 123 Å². The van der Waals surface area contributed by atoms with Gasteiger partial charge in [-0.1, -0.05) is 6.07 Å². The molecule has 0 aliphatic heterocycles. The fourth-order valence-corrected chi connectivity index (χ4v) is 3.21. The van der Waals surface area contributed by atoms with Gasteiger partial charge in [-0.25, -0.2) is 17.9 Å². The summed E-state index contributed by atoms with van der Waals surface area (Å²) in [5.41, 5.74) is 0.850. The number of aliphatic hydroxyl groups excluding tert-OH is 1. The Morgan fingerprint density at radius 2 is 1.95 bits per heavy atom. The van der Waals surface area contributed by atoms with Crippen molar-refractivity contribution in [2.75, 3.05) is 20.3 Å². The first-order chi connectivity index (χ1) is 9.69. The molecule has 0 radical (unpaired) electrons. The van der Waals surface area contributed by atoms with Gasteiger partial charge in [0.15, 0.2) is 0 Å². The molecule has 0 amide bonds. The molecule has 0 fully saturated rings. The third-order valence-electron chi connectivity index (χ3n) is 2.91. The highest BCUT2D eigenvalue weighted by Crippen LogP contribution is 2.20. The van der Waals surface area contributed by atoms with E-state index in [9.17, 15) is 18.3 Å². The number of carboxylic acids is 1. The SMILES string of the molecule is COCC(O)CNS(=O)(=O)c1cc(C(=O)O)c(C)cc1C. The number of ether oxygens (including phenoxy) is 1. The highest BCUT2D eigenvalue weighted by molar-refractivity contribution is 7.89. The molecule has 8 heteroatoms. The minimum absolute atomic E-state index is 0.00419. The third-order valence-corrected chi connectivity index (χ3v) is 4.48. The Bertz CT molecular complexity index is 626. The van der Waals surface area contributed by atoms with Crippen LogP contribution in [0.15, 0.2) is 17.0 Å². The average molecular weight is 317 g/mol. The summed E-state index contributed by atoms with van der Waals surface area (Å²) in [5.74, 6) is -1.19. The number of sulfonamides is 1. The van der Waals surface area contributed by atoms with Crippen molar-refractivity contribution in [3.05, 3.63) is 28.8 Å². The summed E-state index contributed by atoms with van der Waals surface area (Å²) in [7, 11) is -2.52. The fourth-order valence-electron chi connectivity index (χ4n) is 1.89. The van der Waals surface area contributed by atoms with Crippen molar-refractivity contribution < 1.29 is 28.2 Å². The molecule has 0 spiro atoms. The molecule has 0 aromatic heterocycles. The van der Waals surface area contributed by atoms with E-state index >= 15 is 0 Å². The minimum atomic E-state index is -3.91. The summed E-state index contributed by atoms with van der Waals surface area (Å²) < 4.78 is 31.3. The van der Waals surface area contributed by atoms with Crippen LogP contribution in [-0.2, 0) is 14.8 Å². The van der Waals surface area contributed by atoms with E-state index in [0.29, 0.717) is 11.1 Å². The second-order valence-corrected chi connectivity index (χ2v) is 6.43. The highest BCUT2D eigenvalue weighted by atomic mass is 32.2. The number of aromatic carboxylic acids is 1. The topological polar surface area (TPSA) is 113 Å². The summed E-state index contributed by atoms with van der Waals surface area (Å²) in [6.45, 7) is 2.96. The van der Waals surface area contributed by atoms with E-state index < -0.39 is 22.1 Å². The van der Waals surface area contributed by atoms with Crippen molar-refractivity contribution in [1.82, 2.24) is 4.72 Å². The van der Waals surface area contributed by atoms with Gasteiger partial charge in [-0.15, -0.1) is 0 Å². The number of carbonyl (C=O) groups is 1. The van der Waals surface area contributed by atoms with Crippen molar-refractivity contribution in [3.8, 4) is 0 Å². The molecule has 0 aliphatic rings. The van der Waals surface area contributed by atoms with E-state index in [1.807, 2.05) is 0 Å². The van der Waals surface area contributed by atoms with Gasteiger partial charge in [-0.05, 0) is 31.0 Å². The Kier molecular flexibility index (Phi) is 5.85. The summed E-state index contributed by atoms with van der Waals surface area (Å²) in [5, 5.41) is 18.5. The second-order valence-electron chi connectivity index (χ2n) is 4.70. The minimum Gasteiger partial charge on any atom is -0.478 e. The summed E-state index contributed by atoms with van der Waals surface area (Å²) in [4.78, 5) is 11.0. The molecular formula is C13H19NO6S. The van der Waals surface area contributed by atoms with Gasteiger partial charge in [-0.3, -0.25) is 0 Å². The van der Waals surface area contributed by atoms with Gasteiger partial charge in [-0.2, -0.15) is 0 Å². The van der Waals surface area contributed by atoms with Gasteiger partial charge in [0.25, 0.3) is 0 Å². The van der Waals surface area contributed by atoms with Crippen LogP contribution in [0.2, 0.25) is 0 Å². The standard InChI is InChI=1S/C13H19NO6S/c1-8-4-9(2)12(5-11(8)13(16)17)21(18,19)14-6-10(15)7-20-3/h4-5,10,14-15H,6-7H2,1-3H3,(H,16,17). The van der Waals surface area contributed by atoms with E-state index in [1.54, 1.807) is 13.8 Å². The van der Waals surface area contributed by atoms with Gasteiger partial charge < -0.3 is 14.9 Å². The summed E-state index contributed by atoms with van der Waals surface area (Å²) in [6, 6.07) is 2.63. The first-order valence-corrected chi connectivity index (χ1v) is 7.68. The first kappa shape index (κ1) is 17.6. The number of benzene rings is 1. The maximum Gasteiger partial charge on any atom is 0.335 e. The zero-order valence-corrected chi connectivity index (χ0v) is 12.9. The number of carboxylic acid groups (broad SMARTS) is 1. The molecule has 21 heavy (non-hydrogen) atoms. The van der Waals surface area contributed by atoms with Crippen LogP contribution < -0.4 is 4.72 Å². The van der Waals surface area contributed by atoms with Gasteiger partial charge in [0.2, 0.25) is 10.0 Å². The molecule has 7 nitrogen and oxygen atoms in total. The number of aliphatic hydroxyl groups is 1. The predicted octanol–water partition coefficient (Wildman–Crippen LogP) is 0.287. The molecular weight excluding hydrogens is 298 g/mol. The zero-order chi connectivity index (χ0) is 16.2. The third kappa shape index (κ3) is 4.50. The van der Waals surface area contributed by atoms with Crippen molar-refractivity contribution in [1.29, 1.82) is 0 Å². The average Bonchev–Trinajstić information content (AvgIpc) is 2.36. The summed E-state index contributed by atoms with van der Waals surface area (Å²) >= 11 is 0. The lowest BCUT2D eigenvalue weighted by Crippen LogP contribution is -2.34. The Hall–Kier alpha value is -1.48. The van der Waals surface area contributed by atoms with Crippen molar-refractivity contribution in [2.45, 2.75) is 24.8 Å². The van der Waals surface area contributed by atoms with Crippen LogP contribution in [0.3, 0.4) is 0 Å². The maximum absolute atomic E-state index is 12.2. The molecule has 0 aliphatic carbocycles. The van der Waals surface area contributed by atoms with Gasteiger partial charge >= 0.3 is 5.97 Å². The molecule has 1 atom stereocenters. The van der Waals surface area contributed by atoms with E-state index in [-0.39, 0.29) is 23.6 Å². The van der Waals surface area contributed by atoms with Gasteiger partial charge in [0.1, 0.15) is 0 Å². The lowest BCUT2D eigenvalue weighted by molar-refractivity contribution is 0.0678.